The Balaban J connectivity index is 1.73. The summed E-state index contributed by atoms with van der Waals surface area (Å²) in [4.78, 5) is 19.6. The highest BCUT2D eigenvalue weighted by Gasteiger charge is 2.34. The molecule has 1 aliphatic heterocycles. The van der Waals surface area contributed by atoms with Gasteiger partial charge < -0.3 is 0 Å². The Morgan fingerprint density at radius 1 is 0.862 bits per heavy atom. The third kappa shape index (κ3) is 2.77. The molecule has 1 aromatic heterocycles. The molecule has 4 nitrogen and oxygen atoms in total. The van der Waals surface area contributed by atoms with Crippen LogP contribution in [0.5, 0.6) is 0 Å². The van der Waals surface area contributed by atoms with Crippen LogP contribution >= 0.6 is 0 Å². The van der Waals surface area contributed by atoms with Gasteiger partial charge in [-0.3, -0.25) is 14.7 Å². The lowest BCUT2D eigenvalue weighted by Gasteiger charge is -2.20. The van der Waals surface area contributed by atoms with Crippen LogP contribution in [0.2, 0.25) is 0 Å². The van der Waals surface area contributed by atoms with Gasteiger partial charge in [0.05, 0.1) is 28.5 Å². The standard InChI is InChI=1S/C25H15N3O/c26-16-18-12-10-17(11-13-18)15-23-20-7-1-2-8-21(20)25(29)28(23)22-9-3-5-19-6-4-14-27-24(19)22/h1-15H/b23-15-. The first kappa shape index (κ1) is 16.9. The van der Waals surface area contributed by atoms with Crippen LogP contribution in [0.1, 0.15) is 27.0 Å². The topological polar surface area (TPSA) is 57.0 Å². The van der Waals surface area contributed by atoms with Crippen LogP contribution in [0.4, 0.5) is 5.69 Å². The van der Waals surface area contributed by atoms with Gasteiger partial charge in [-0.05, 0) is 42.0 Å². The van der Waals surface area contributed by atoms with E-state index >= 15 is 0 Å². The maximum absolute atomic E-state index is 13.4. The number of pyridine rings is 1. The van der Waals surface area contributed by atoms with Gasteiger partial charge in [0.25, 0.3) is 5.91 Å². The van der Waals surface area contributed by atoms with Crippen molar-refractivity contribution >= 4 is 34.3 Å². The largest absolute Gasteiger partial charge is 0.274 e. The molecule has 0 radical (unpaired) electrons. The maximum Gasteiger partial charge on any atom is 0.263 e. The molecule has 0 N–H and O–H groups in total. The average Bonchev–Trinajstić information content (AvgIpc) is 3.05. The Morgan fingerprint density at radius 2 is 1.62 bits per heavy atom. The van der Waals surface area contributed by atoms with E-state index in [1.54, 1.807) is 23.2 Å². The van der Waals surface area contributed by atoms with Crippen molar-refractivity contribution in [1.29, 1.82) is 5.26 Å². The molecule has 0 bridgehead atoms. The van der Waals surface area contributed by atoms with Crippen molar-refractivity contribution in [3.05, 3.63) is 107 Å². The molecule has 0 saturated carbocycles. The fraction of sp³-hybridized carbons (Fsp3) is 0. The summed E-state index contributed by atoms with van der Waals surface area (Å²) in [5, 5.41) is 10.0. The van der Waals surface area contributed by atoms with E-state index in [1.165, 1.54) is 0 Å². The minimum absolute atomic E-state index is 0.0707. The Kier molecular flexibility index (Phi) is 3.93. The number of hydrogen-bond acceptors (Lipinski definition) is 3. The summed E-state index contributed by atoms with van der Waals surface area (Å²) in [6.07, 6.45) is 3.72. The van der Waals surface area contributed by atoms with Gasteiger partial charge >= 0.3 is 0 Å². The number of fused-ring (bicyclic) bond motifs is 2. The molecule has 0 spiro atoms. The summed E-state index contributed by atoms with van der Waals surface area (Å²) in [7, 11) is 0. The van der Waals surface area contributed by atoms with Gasteiger partial charge in [0, 0.05) is 22.7 Å². The number of carbonyl (C=O) groups excluding carboxylic acids is 1. The van der Waals surface area contributed by atoms with Crippen LogP contribution in [0, 0.1) is 11.3 Å². The summed E-state index contributed by atoms with van der Waals surface area (Å²) >= 11 is 0. The van der Waals surface area contributed by atoms with Crippen molar-refractivity contribution in [3.63, 3.8) is 0 Å². The van der Waals surface area contributed by atoms with Crippen molar-refractivity contribution in [1.82, 2.24) is 4.98 Å². The molecule has 0 fully saturated rings. The number of aromatic nitrogens is 1. The summed E-state index contributed by atoms with van der Waals surface area (Å²) < 4.78 is 0. The Morgan fingerprint density at radius 3 is 2.41 bits per heavy atom. The second-order valence-corrected chi connectivity index (χ2v) is 6.80. The first-order valence-electron chi connectivity index (χ1n) is 9.26. The highest BCUT2D eigenvalue weighted by molar-refractivity contribution is 6.26. The smallest absolute Gasteiger partial charge is 0.263 e. The second kappa shape index (κ2) is 6.74. The fourth-order valence-electron chi connectivity index (χ4n) is 3.71. The van der Waals surface area contributed by atoms with Crippen LogP contribution in [0.15, 0.2) is 85.1 Å². The third-order valence-corrected chi connectivity index (χ3v) is 5.07. The zero-order valence-corrected chi connectivity index (χ0v) is 15.4. The molecule has 1 aliphatic rings. The molecular formula is C25H15N3O. The van der Waals surface area contributed by atoms with E-state index < -0.39 is 0 Å². The summed E-state index contributed by atoms with van der Waals surface area (Å²) in [6, 6.07) is 26.8. The summed E-state index contributed by atoms with van der Waals surface area (Å²) in [5.41, 5.74) is 5.40. The number of nitriles is 1. The van der Waals surface area contributed by atoms with Gasteiger partial charge in [0.15, 0.2) is 0 Å². The molecule has 136 valence electrons. The molecule has 0 atom stereocenters. The van der Waals surface area contributed by atoms with Crippen molar-refractivity contribution in [2.75, 3.05) is 4.90 Å². The second-order valence-electron chi connectivity index (χ2n) is 6.80. The van der Waals surface area contributed by atoms with Gasteiger partial charge in [0.2, 0.25) is 0 Å². The van der Waals surface area contributed by atoms with Crippen LogP contribution < -0.4 is 4.90 Å². The van der Waals surface area contributed by atoms with Crippen LogP contribution in [-0.4, -0.2) is 10.9 Å². The molecule has 29 heavy (non-hydrogen) atoms. The number of carbonyl (C=O) groups is 1. The predicted octanol–water partition coefficient (Wildman–Crippen LogP) is 5.26. The number of nitrogens with zero attached hydrogens (tertiary/aromatic N) is 3. The zero-order chi connectivity index (χ0) is 19.8. The molecule has 5 rings (SSSR count). The van der Waals surface area contributed by atoms with Crippen molar-refractivity contribution < 1.29 is 4.79 Å². The Bertz CT molecular complexity index is 1330. The van der Waals surface area contributed by atoms with Gasteiger partial charge in [-0.25, -0.2) is 0 Å². The SMILES string of the molecule is N#Cc1ccc(/C=C2/c3ccccc3C(=O)N2c2cccc3cccnc23)cc1. The molecule has 1 amide bonds. The first-order chi connectivity index (χ1) is 14.3. The van der Waals surface area contributed by atoms with Gasteiger partial charge in [-0.1, -0.05) is 48.5 Å². The highest BCUT2D eigenvalue weighted by Crippen LogP contribution is 2.40. The van der Waals surface area contributed by atoms with E-state index in [4.69, 9.17) is 5.26 Å². The molecule has 0 unspecified atom stereocenters. The Labute approximate surface area is 168 Å². The van der Waals surface area contributed by atoms with Gasteiger partial charge in [-0.2, -0.15) is 5.26 Å². The van der Waals surface area contributed by atoms with Gasteiger partial charge in [-0.15, -0.1) is 0 Å². The molecule has 4 aromatic rings. The fourth-order valence-corrected chi connectivity index (χ4v) is 3.71. The lowest BCUT2D eigenvalue weighted by Crippen LogP contribution is -2.22. The normalized spacial score (nSPS) is 14.2. The molecule has 0 aliphatic carbocycles. The molecular weight excluding hydrogens is 358 g/mol. The van der Waals surface area contributed by atoms with E-state index in [9.17, 15) is 4.79 Å². The molecule has 4 heteroatoms. The number of hydrogen-bond donors (Lipinski definition) is 0. The molecule has 3 aromatic carbocycles. The van der Waals surface area contributed by atoms with Crippen molar-refractivity contribution in [2.45, 2.75) is 0 Å². The number of amides is 1. The number of para-hydroxylation sites is 1. The number of benzene rings is 3. The zero-order valence-electron chi connectivity index (χ0n) is 15.4. The number of rotatable bonds is 2. The van der Waals surface area contributed by atoms with Crippen molar-refractivity contribution in [3.8, 4) is 6.07 Å². The molecule has 2 heterocycles. The average molecular weight is 373 g/mol. The van der Waals surface area contributed by atoms with E-state index in [0.29, 0.717) is 11.1 Å². The van der Waals surface area contributed by atoms with E-state index in [2.05, 4.69) is 11.1 Å². The quantitative estimate of drug-likeness (QED) is 0.481. The number of anilines is 1. The minimum Gasteiger partial charge on any atom is -0.274 e. The third-order valence-electron chi connectivity index (χ3n) is 5.07. The summed E-state index contributed by atoms with van der Waals surface area (Å²) in [5.74, 6) is -0.0707. The Hall–Kier alpha value is -4.23. The first-order valence-corrected chi connectivity index (χ1v) is 9.26. The van der Waals surface area contributed by atoms with E-state index in [0.717, 1.165) is 33.4 Å². The van der Waals surface area contributed by atoms with Crippen LogP contribution in [0.3, 0.4) is 0 Å². The maximum atomic E-state index is 13.4. The highest BCUT2D eigenvalue weighted by atomic mass is 16.2. The molecule has 0 saturated heterocycles. The van der Waals surface area contributed by atoms with Gasteiger partial charge in [0.1, 0.15) is 0 Å². The van der Waals surface area contributed by atoms with E-state index in [1.807, 2.05) is 72.8 Å². The lowest BCUT2D eigenvalue weighted by molar-refractivity contribution is 0.101. The van der Waals surface area contributed by atoms with Crippen LogP contribution in [-0.2, 0) is 0 Å². The van der Waals surface area contributed by atoms with E-state index in [-0.39, 0.29) is 5.91 Å². The summed E-state index contributed by atoms with van der Waals surface area (Å²) in [6.45, 7) is 0. The monoisotopic (exact) mass is 373 g/mol. The minimum atomic E-state index is -0.0707. The van der Waals surface area contributed by atoms with Crippen molar-refractivity contribution in [2.24, 2.45) is 0 Å². The predicted molar refractivity (Wildman–Crippen MR) is 114 cm³/mol. The van der Waals surface area contributed by atoms with Crippen LogP contribution in [0.25, 0.3) is 22.7 Å². The lowest BCUT2D eigenvalue weighted by atomic mass is 10.1.